The molecule has 1 unspecified atom stereocenters. The highest BCUT2D eigenvalue weighted by Gasteiger charge is 2.25. The van der Waals surface area contributed by atoms with E-state index in [0.29, 0.717) is 22.0 Å². The lowest BCUT2D eigenvalue weighted by Crippen LogP contribution is -2.26. The van der Waals surface area contributed by atoms with E-state index in [-0.39, 0.29) is 0 Å². The van der Waals surface area contributed by atoms with Gasteiger partial charge in [-0.25, -0.2) is 0 Å². The maximum Gasteiger partial charge on any atom is 0.0895 e. The Morgan fingerprint density at radius 2 is 2.07 bits per heavy atom. The molecule has 2 nitrogen and oxygen atoms in total. The first-order valence-corrected chi connectivity index (χ1v) is 5.56. The minimum atomic E-state index is -0.953. The average Bonchev–Trinajstić information content (AvgIpc) is 2.19. The number of hydrogen-bond acceptors (Lipinski definition) is 2. The molecular weight excluding hydrogens is 233 g/mol. The molecule has 0 fully saturated rings. The van der Waals surface area contributed by atoms with Gasteiger partial charge in [0.2, 0.25) is 0 Å². The molecule has 0 saturated carbocycles. The van der Waals surface area contributed by atoms with Crippen molar-refractivity contribution in [3.63, 3.8) is 0 Å². The van der Waals surface area contributed by atoms with Crippen molar-refractivity contribution in [2.24, 2.45) is 0 Å². The molecule has 0 radical (unpaired) electrons. The summed E-state index contributed by atoms with van der Waals surface area (Å²) in [5, 5.41) is 14.1. The molecule has 0 bridgehead atoms. The molecule has 1 atom stereocenters. The van der Waals surface area contributed by atoms with Crippen LogP contribution in [0.3, 0.4) is 0 Å². The fraction of sp³-hybridized carbons (Fsp3) is 0.455. The Bertz CT molecular complexity index is 339. The maximum atomic E-state index is 10.2. The fourth-order valence-corrected chi connectivity index (χ4v) is 1.93. The molecule has 0 aliphatic heterocycles. The van der Waals surface area contributed by atoms with Gasteiger partial charge in [0.05, 0.1) is 15.6 Å². The molecule has 1 aromatic carbocycles. The van der Waals surface area contributed by atoms with Crippen LogP contribution in [0, 0.1) is 0 Å². The molecule has 2 N–H and O–H groups in total. The molecule has 15 heavy (non-hydrogen) atoms. The molecule has 4 heteroatoms. The van der Waals surface area contributed by atoms with Crippen molar-refractivity contribution in [3.05, 3.63) is 33.8 Å². The second-order valence-corrected chi connectivity index (χ2v) is 4.51. The van der Waals surface area contributed by atoms with E-state index in [9.17, 15) is 5.11 Å². The van der Waals surface area contributed by atoms with Gasteiger partial charge in [0.25, 0.3) is 0 Å². The van der Waals surface area contributed by atoms with Crippen molar-refractivity contribution in [2.45, 2.75) is 18.9 Å². The van der Waals surface area contributed by atoms with Crippen molar-refractivity contribution in [3.8, 4) is 0 Å². The van der Waals surface area contributed by atoms with Gasteiger partial charge in [0.1, 0.15) is 0 Å². The summed E-state index contributed by atoms with van der Waals surface area (Å²) in [7, 11) is 1.84. The zero-order chi connectivity index (χ0) is 11.5. The van der Waals surface area contributed by atoms with Crippen molar-refractivity contribution in [1.29, 1.82) is 0 Å². The van der Waals surface area contributed by atoms with Crippen LogP contribution in [0.5, 0.6) is 0 Å². The summed E-state index contributed by atoms with van der Waals surface area (Å²) in [6.45, 7) is 2.46. The standard InChI is InChI=1S/C11H15Cl2NO/c1-11(15,6-7-14-2)8-4-3-5-9(12)10(8)13/h3-5,14-15H,6-7H2,1-2H3. The van der Waals surface area contributed by atoms with Gasteiger partial charge in [-0.05, 0) is 33.0 Å². The molecule has 0 aliphatic carbocycles. The third-order valence-electron chi connectivity index (χ3n) is 2.39. The Labute approximate surface area is 100 Å². The molecule has 1 rings (SSSR count). The van der Waals surface area contributed by atoms with Gasteiger partial charge < -0.3 is 10.4 Å². The Kier molecular flexibility index (Phi) is 4.41. The van der Waals surface area contributed by atoms with Gasteiger partial charge >= 0.3 is 0 Å². The van der Waals surface area contributed by atoms with Gasteiger partial charge in [-0.15, -0.1) is 0 Å². The quantitative estimate of drug-likeness (QED) is 0.858. The van der Waals surface area contributed by atoms with E-state index in [4.69, 9.17) is 23.2 Å². The molecule has 0 aliphatic rings. The van der Waals surface area contributed by atoms with Crippen LogP contribution in [0.1, 0.15) is 18.9 Å². The molecule has 0 amide bonds. The highest BCUT2D eigenvalue weighted by atomic mass is 35.5. The normalized spacial score (nSPS) is 15.0. The van der Waals surface area contributed by atoms with Crippen molar-refractivity contribution in [1.82, 2.24) is 5.32 Å². The van der Waals surface area contributed by atoms with E-state index < -0.39 is 5.60 Å². The van der Waals surface area contributed by atoms with E-state index in [0.717, 1.165) is 6.54 Å². The van der Waals surface area contributed by atoms with E-state index in [1.807, 2.05) is 7.05 Å². The van der Waals surface area contributed by atoms with Gasteiger partial charge in [-0.1, -0.05) is 35.3 Å². The minimum absolute atomic E-state index is 0.431. The van der Waals surface area contributed by atoms with E-state index in [1.54, 1.807) is 25.1 Å². The second-order valence-electron chi connectivity index (χ2n) is 3.73. The predicted octanol–water partition coefficient (Wildman–Crippen LogP) is 2.81. The zero-order valence-electron chi connectivity index (χ0n) is 8.85. The van der Waals surface area contributed by atoms with Crippen LogP contribution in [0.25, 0.3) is 0 Å². The third-order valence-corrected chi connectivity index (χ3v) is 3.21. The second kappa shape index (κ2) is 5.17. The summed E-state index contributed by atoms with van der Waals surface area (Å²) in [6, 6.07) is 5.29. The fourth-order valence-electron chi connectivity index (χ4n) is 1.42. The lowest BCUT2D eigenvalue weighted by molar-refractivity contribution is 0.0486. The molecule has 1 aromatic rings. The van der Waals surface area contributed by atoms with Crippen LogP contribution < -0.4 is 5.32 Å². The molecular formula is C11H15Cl2NO. The number of rotatable bonds is 4. The Hall–Kier alpha value is -0.280. The van der Waals surface area contributed by atoms with Gasteiger partial charge in [0.15, 0.2) is 0 Å². The molecule has 84 valence electrons. The largest absolute Gasteiger partial charge is 0.385 e. The van der Waals surface area contributed by atoms with Crippen molar-refractivity contribution >= 4 is 23.2 Å². The zero-order valence-corrected chi connectivity index (χ0v) is 10.4. The number of hydrogen-bond donors (Lipinski definition) is 2. The predicted molar refractivity (Wildman–Crippen MR) is 64.6 cm³/mol. The van der Waals surface area contributed by atoms with Gasteiger partial charge in [-0.2, -0.15) is 0 Å². The Balaban J connectivity index is 2.98. The van der Waals surface area contributed by atoms with E-state index in [2.05, 4.69) is 5.32 Å². The van der Waals surface area contributed by atoms with Crippen LogP contribution in [-0.2, 0) is 5.60 Å². The Morgan fingerprint density at radius 3 is 2.67 bits per heavy atom. The van der Waals surface area contributed by atoms with Crippen molar-refractivity contribution in [2.75, 3.05) is 13.6 Å². The van der Waals surface area contributed by atoms with Crippen LogP contribution in [-0.4, -0.2) is 18.7 Å². The summed E-state index contributed by atoms with van der Waals surface area (Å²) in [5.74, 6) is 0. The summed E-state index contributed by atoms with van der Waals surface area (Å²) in [5.41, 5.74) is -0.280. The minimum Gasteiger partial charge on any atom is -0.385 e. The molecule has 0 saturated heterocycles. The first kappa shape index (κ1) is 12.8. The molecule has 0 spiro atoms. The smallest absolute Gasteiger partial charge is 0.0895 e. The number of aliphatic hydroxyl groups is 1. The van der Waals surface area contributed by atoms with Crippen molar-refractivity contribution < 1.29 is 5.11 Å². The average molecular weight is 248 g/mol. The summed E-state index contributed by atoms with van der Waals surface area (Å²) in [6.07, 6.45) is 0.587. The number of halogens is 2. The number of nitrogens with one attached hydrogen (secondary N) is 1. The van der Waals surface area contributed by atoms with Crippen LogP contribution in [0.15, 0.2) is 18.2 Å². The van der Waals surface area contributed by atoms with Crippen LogP contribution in [0.4, 0.5) is 0 Å². The highest BCUT2D eigenvalue weighted by Crippen LogP contribution is 2.34. The van der Waals surface area contributed by atoms with Gasteiger partial charge in [0, 0.05) is 5.56 Å². The highest BCUT2D eigenvalue weighted by molar-refractivity contribution is 6.42. The lowest BCUT2D eigenvalue weighted by Gasteiger charge is -2.25. The van der Waals surface area contributed by atoms with E-state index in [1.165, 1.54) is 0 Å². The molecule has 0 aromatic heterocycles. The first-order chi connectivity index (χ1) is 6.99. The third kappa shape index (κ3) is 3.08. The summed E-state index contributed by atoms with van der Waals surface area (Å²) >= 11 is 11.9. The Morgan fingerprint density at radius 1 is 1.40 bits per heavy atom. The first-order valence-electron chi connectivity index (χ1n) is 4.80. The SMILES string of the molecule is CNCCC(C)(O)c1cccc(Cl)c1Cl. The lowest BCUT2D eigenvalue weighted by atomic mass is 9.92. The van der Waals surface area contributed by atoms with Crippen LogP contribution in [0.2, 0.25) is 10.0 Å². The monoisotopic (exact) mass is 247 g/mol. The topological polar surface area (TPSA) is 32.3 Å². The molecule has 0 heterocycles. The van der Waals surface area contributed by atoms with E-state index >= 15 is 0 Å². The maximum absolute atomic E-state index is 10.2. The van der Waals surface area contributed by atoms with Crippen LogP contribution >= 0.6 is 23.2 Å². The summed E-state index contributed by atoms with van der Waals surface area (Å²) < 4.78 is 0. The number of benzene rings is 1. The summed E-state index contributed by atoms with van der Waals surface area (Å²) in [4.78, 5) is 0. The van der Waals surface area contributed by atoms with Gasteiger partial charge in [-0.3, -0.25) is 0 Å².